The number of aliphatic hydroxyl groups is 1. The van der Waals surface area contributed by atoms with Crippen molar-refractivity contribution in [2.45, 2.75) is 38.2 Å². The zero-order valence-electron chi connectivity index (χ0n) is 7.67. The third-order valence-corrected chi connectivity index (χ3v) is 1.67. The van der Waals surface area contributed by atoms with Gasteiger partial charge in [0.05, 0.1) is 6.10 Å². The summed E-state index contributed by atoms with van der Waals surface area (Å²) in [5.41, 5.74) is 0. The largest absolute Gasteiger partial charge is 0.480 e. The summed E-state index contributed by atoms with van der Waals surface area (Å²) in [6.07, 6.45) is -5.92. The van der Waals surface area contributed by atoms with Gasteiger partial charge in [-0.3, -0.25) is 10.1 Å². The van der Waals surface area contributed by atoms with E-state index in [0.717, 1.165) is 13.8 Å². The van der Waals surface area contributed by atoms with Gasteiger partial charge in [0.1, 0.15) is 12.1 Å². The van der Waals surface area contributed by atoms with E-state index in [1.165, 1.54) is 0 Å². The van der Waals surface area contributed by atoms with Crippen molar-refractivity contribution in [3.8, 4) is 0 Å². The van der Waals surface area contributed by atoms with Crippen molar-refractivity contribution in [3.05, 3.63) is 0 Å². The van der Waals surface area contributed by atoms with Gasteiger partial charge in [-0.25, -0.2) is 0 Å². The van der Waals surface area contributed by atoms with Crippen LogP contribution in [-0.4, -0.2) is 40.5 Å². The molecule has 0 amide bonds. The lowest BCUT2D eigenvalue weighted by Gasteiger charge is -2.23. The minimum Gasteiger partial charge on any atom is -0.480 e. The van der Waals surface area contributed by atoms with Crippen LogP contribution >= 0.6 is 0 Å². The fourth-order valence-corrected chi connectivity index (χ4v) is 0.781. The first-order chi connectivity index (χ1) is 6.16. The number of halogens is 3. The topological polar surface area (TPSA) is 69.6 Å². The van der Waals surface area contributed by atoms with Crippen molar-refractivity contribution < 1.29 is 28.2 Å². The highest BCUT2D eigenvalue weighted by molar-refractivity contribution is 5.74. The van der Waals surface area contributed by atoms with Gasteiger partial charge in [0, 0.05) is 0 Å². The van der Waals surface area contributed by atoms with Gasteiger partial charge in [-0.2, -0.15) is 13.2 Å². The molecule has 7 heteroatoms. The maximum absolute atomic E-state index is 12.0. The molecule has 0 saturated heterocycles. The second kappa shape index (κ2) is 4.61. The predicted octanol–water partition coefficient (Wildman–Crippen LogP) is 0.361. The van der Waals surface area contributed by atoms with E-state index in [9.17, 15) is 18.0 Å². The first kappa shape index (κ1) is 13.2. The maximum Gasteiger partial charge on any atom is 0.403 e. The van der Waals surface area contributed by atoms with E-state index in [0.29, 0.717) is 0 Å². The Morgan fingerprint density at radius 2 is 1.79 bits per heavy atom. The van der Waals surface area contributed by atoms with Gasteiger partial charge in [0.2, 0.25) is 0 Å². The highest BCUT2D eigenvalue weighted by atomic mass is 19.4. The Labute approximate surface area is 78.7 Å². The van der Waals surface area contributed by atoms with Gasteiger partial charge in [-0.05, 0) is 13.8 Å². The second-order valence-corrected chi connectivity index (χ2v) is 2.99. The average molecular weight is 215 g/mol. The number of aliphatic carboxylic acids is 1. The number of nitrogens with one attached hydrogen (secondary N) is 1. The molecule has 4 nitrogen and oxygen atoms in total. The van der Waals surface area contributed by atoms with Crippen LogP contribution in [0.1, 0.15) is 13.8 Å². The lowest BCUT2D eigenvalue weighted by atomic mass is 10.1. The molecule has 0 aromatic heterocycles. The lowest BCUT2D eigenvalue weighted by molar-refractivity contribution is -0.160. The minimum absolute atomic E-state index is 0.790. The number of hydrogen-bond donors (Lipinski definition) is 3. The van der Waals surface area contributed by atoms with Crippen molar-refractivity contribution >= 4 is 5.97 Å². The Kier molecular flexibility index (Phi) is 4.34. The van der Waals surface area contributed by atoms with Crippen LogP contribution < -0.4 is 5.32 Å². The molecule has 0 aliphatic rings. The van der Waals surface area contributed by atoms with Crippen LogP contribution in [0.2, 0.25) is 0 Å². The van der Waals surface area contributed by atoms with Gasteiger partial charge in [-0.15, -0.1) is 0 Å². The summed E-state index contributed by atoms with van der Waals surface area (Å²) in [5, 5.41) is 19.1. The molecule has 14 heavy (non-hydrogen) atoms. The Hall–Kier alpha value is -0.820. The molecule has 0 unspecified atom stereocenters. The van der Waals surface area contributed by atoms with Crippen LogP contribution in [-0.2, 0) is 4.79 Å². The van der Waals surface area contributed by atoms with Crippen LogP contribution in [0.4, 0.5) is 13.2 Å². The Morgan fingerprint density at radius 3 is 2.00 bits per heavy atom. The van der Waals surface area contributed by atoms with Gasteiger partial charge in [0.25, 0.3) is 0 Å². The second-order valence-electron chi connectivity index (χ2n) is 2.99. The fraction of sp³-hybridized carbons (Fsp3) is 0.857. The summed E-state index contributed by atoms with van der Waals surface area (Å²) < 4.78 is 36.0. The van der Waals surface area contributed by atoms with Crippen LogP contribution in [0.15, 0.2) is 0 Å². The number of rotatable bonds is 4. The Morgan fingerprint density at radius 1 is 1.36 bits per heavy atom. The summed E-state index contributed by atoms with van der Waals surface area (Å²) in [4.78, 5) is 10.4. The average Bonchev–Trinajstić information content (AvgIpc) is 1.96. The van der Waals surface area contributed by atoms with Crippen LogP contribution in [0.25, 0.3) is 0 Å². The molecule has 0 aromatic rings. The number of carboxylic acid groups (broad SMARTS) is 1. The van der Waals surface area contributed by atoms with E-state index in [2.05, 4.69) is 0 Å². The fourth-order valence-electron chi connectivity index (χ4n) is 0.781. The normalized spacial score (nSPS) is 18.7. The van der Waals surface area contributed by atoms with E-state index < -0.39 is 30.3 Å². The third-order valence-electron chi connectivity index (χ3n) is 1.67. The molecule has 0 heterocycles. The van der Waals surface area contributed by atoms with Crippen LogP contribution in [0, 0.1) is 0 Å². The van der Waals surface area contributed by atoms with Crippen molar-refractivity contribution in [1.82, 2.24) is 5.32 Å². The van der Waals surface area contributed by atoms with Gasteiger partial charge < -0.3 is 10.2 Å². The summed E-state index contributed by atoms with van der Waals surface area (Å²) in [5.74, 6) is -1.52. The van der Waals surface area contributed by atoms with Crippen molar-refractivity contribution in [2.24, 2.45) is 0 Å². The van der Waals surface area contributed by atoms with Crippen LogP contribution in [0.3, 0.4) is 0 Å². The molecule has 3 N–H and O–H groups in total. The van der Waals surface area contributed by atoms with E-state index in [1.54, 1.807) is 5.32 Å². The molecule has 0 radical (unpaired) electrons. The molecular formula is C7H12F3NO3. The summed E-state index contributed by atoms with van der Waals surface area (Å²) in [6, 6.07) is -3.59. The standard InChI is InChI=1S/C7H12F3NO3/c1-3(12)5(6(13)14)11-4(2)7(8,9)10/h3-5,11-12H,1-2H3,(H,13,14)/t3-,4-,5+/m1/s1. The molecule has 3 atom stereocenters. The molecule has 0 aromatic carbocycles. The molecular weight excluding hydrogens is 203 g/mol. The third kappa shape index (κ3) is 3.93. The summed E-state index contributed by atoms with van der Waals surface area (Å²) in [7, 11) is 0. The molecule has 0 bridgehead atoms. The quantitative estimate of drug-likeness (QED) is 0.633. The van der Waals surface area contributed by atoms with E-state index in [1.807, 2.05) is 0 Å². The predicted molar refractivity (Wildman–Crippen MR) is 41.8 cm³/mol. The van der Waals surface area contributed by atoms with E-state index in [4.69, 9.17) is 10.2 Å². The number of alkyl halides is 3. The smallest absolute Gasteiger partial charge is 0.403 e. The number of carbonyl (C=O) groups is 1. The number of hydrogen-bond acceptors (Lipinski definition) is 3. The van der Waals surface area contributed by atoms with Crippen LogP contribution in [0.5, 0.6) is 0 Å². The zero-order valence-corrected chi connectivity index (χ0v) is 7.67. The first-order valence-electron chi connectivity index (χ1n) is 3.90. The van der Waals surface area contributed by atoms with Crippen molar-refractivity contribution in [3.63, 3.8) is 0 Å². The Bertz CT molecular complexity index is 205. The SMILES string of the molecule is C[C@@H](O)[C@H](N[C@H](C)C(F)(F)F)C(=O)O. The molecule has 0 fully saturated rings. The number of carboxylic acids is 1. The summed E-state index contributed by atoms with van der Waals surface area (Å²) in [6.45, 7) is 1.90. The zero-order chi connectivity index (χ0) is 11.5. The van der Waals surface area contributed by atoms with Gasteiger partial charge in [0.15, 0.2) is 0 Å². The lowest BCUT2D eigenvalue weighted by Crippen LogP contribution is -2.53. The molecule has 0 spiro atoms. The highest BCUT2D eigenvalue weighted by Gasteiger charge is 2.39. The molecule has 0 rings (SSSR count). The van der Waals surface area contributed by atoms with Crippen molar-refractivity contribution in [2.75, 3.05) is 0 Å². The molecule has 0 aliphatic heterocycles. The van der Waals surface area contributed by atoms with Gasteiger partial charge >= 0.3 is 12.1 Å². The minimum atomic E-state index is -4.53. The molecule has 84 valence electrons. The molecule has 0 saturated carbocycles. The number of aliphatic hydroxyl groups excluding tert-OH is 1. The van der Waals surface area contributed by atoms with E-state index in [-0.39, 0.29) is 0 Å². The Balaban J connectivity index is 4.39. The highest BCUT2D eigenvalue weighted by Crippen LogP contribution is 2.20. The molecule has 0 aliphatic carbocycles. The summed E-state index contributed by atoms with van der Waals surface area (Å²) >= 11 is 0. The maximum atomic E-state index is 12.0. The first-order valence-corrected chi connectivity index (χ1v) is 3.90. The monoisotopic (exact) mass is 215 g/mol. The van der Waals surface area contributed by atoms with Gasteiger partial charge in [-0.1, -0.05) is 0 Å². The van der Waals surface area contributed by atoms with E-state index >= 15 is 0 Å². The van der Waals surface area contributed by atoms with Crippen molar-refractivity contribution in [1.29, 1.82) is 0 Å².